The molecule has 0 spiro atoms. The highest BCUT2D eigenvalue weighted by molar-refractivity contribution is 6.31. The molecule has 9 heteroatoms. The van der Waals surface area contributed by atoms with Crippen LogP contribution in [0.15, 0.2) is 18.2 Å². The molecule has 0 aliphatic carbocycles. The molecule has 3 amide bonds. The first-order chi connectivity index (χ1) is 14.3. The van der Waals surface area contributed by atoms with Crippen molar-refractivity contribution in [3.63, 3.8) is 0 Å². The normalized spacial score (nSPS) is 29.4. The van der Waals surface area contributed by atoms with Crippen LogP contribution in [0.3, 0.4) is 0 Å². The van der Waals surface area contributed by atoms with E-state index >= 15 is 0 Å². The summed E-state index contributed by atoms with van der Waals surface area (Å²) in [4.78, 5) is 33.7. The number of likely N-dealkylation sites (N-methyl/N-ethyl adjacent to an activating group) is 1. The summed E-state index contributed by atoms with van der Waals surface area (Å²) in [6.45, 7) is 8.89. The van der Waals surface area contributed by atoms with E-state index in [1.165, 1.54) is 4.90 Å². The Balaban J connectivity index is 1.65. The van der Waals surface area contributed by atoms with Gasteiger partial charge in [-0.05, 0) is 37.5 Å². The van der Waals surface area contributed by atoms with Gasteiger partial charge in [0, 0.05) is 37.5 Å². The molecular weight excluding hydrogens is 406 g/mol. The third-order valence-corrected chi connectivity index (χ3v) is 6.71. The first-order valence-electron chi connectivity index (χ1n) is 10.5. The lowest BCUT2D eigenvalue weighted by atomic mass is 10.0. The monoisotopic (exact) mass is 435 g/mol. The highest BCUT2D eigenvalue weighted by atomic mass is 35.5. The third kappa shape index (κ3) is 3.45. The number of hydrogen-bond acceptors (Lipinski definition) is 6. The van der Waals surface area contributed by atoms with Crippen molar-refractivity contribution in [1.82, 2.24) is 20.0 Å². The number of halogens is 1. The van der Waals surface area contributed by atoms with Crippen LogP contribution in [-0.4, -0.2) is 85.0 Å². The van der Waals surface area contributed by atoms with Gasteiger partial charge in [0.05, 0.1) is 13.2 Å². The van der Waals surface area contributed by atoms with E-state index in [0.29, 0.717) is 19.1 Å². The molecule has 1 aromatic carbocycles. The zero-order valence-electron chi connectivity index (χ0n) is 18.0. The average molecular weight is 436 g/mol. The second kappa shape index (κ2) is 8.34. The summed E-state index contributed by atoms with van der Waals surface area (Å²) in [7, 11) is 1.75. The van der Waals surface area contributed by atoms with Crippen LogP contribution in [0.5, 0.6) is 0 Å². The molecule has 3 fully saturated rings. The number of urea groups is 1. The van der Waals surface area contributed by atoms with Crippen LogP contribution in [0.2, 0.25) is 5.02 Å². The summed E-state index contributed by atoms with van der Waals surface area (Å²) in [5, 5.41) is 4.26. The minimum Gasteiger partial charge on any atom is -0.380 e. The summed E-state index contributed by atoms with van der Waals surface area (Å²) in [5.41, 5.74) is 2.06. The van der Waals surface area contributed by atoms with Crippen LogP contribution < -0.4 is 10.2 Å². The van der Waals surface area contributed by atoms with Crippen molar-refractivity contribution in [3.8, 4) is 0 Å². The summed E-state index contributed by atoms with van der Waals surface area (Å²) >= 11 is 6.39. The Bertz CT molecular complexity index is 837. The molecule has 0 radical (unpaired) electrons. The van der Waals surface area contributed by atoms with E-state index in [-0.39, 0.29) is 30.9 Å². The van der Waals surface area contributed by atoms with Crippen molar-refractivity contribution in [2.75, 3.05) is 44.8 Å². The van der Waals surface area contributed by atoms with Gasteiger partial charge in [0.25, 0.3) is 5.91 Å². The predicted molar refractivity (Wildman–Crippen MR) is 115 cm³/mol. The van der Waals surface area contributed by atoms with Gasteiger partial charge >= 0.3 is 6.03 Å². The first-order valence-corrected chi connectivity index (χ1v) is 10.9. The number of hydrogen-bond donors (Lipinski definition) is 1. The fourth-order valence-electron chi connectivity index (χ4n) is 4.82. The van der Waals surface area contributed by atoms with Crippen LogP contribution in [0.25, 0.3) is 0 Å². The lowest BCUT2D eigenvalue weighted by Crippen LogP contribution is -2.67. The number of nitrogens with zero attached hydrogens (tertiary/aromatic N) is 4. The minimum atomic E-state index is -0.427. The molecule has 8 nitrogen and oxygen atoms in total. The highest BCUT2D eigenvalue weighted by Gasteiger charge is 2.56. The molecule has 164 valence electrons. The average Bonchev–Trinajstić information content (AvgIpc) is 3.10. The molecule has 4 unspecified atom stereocenters. The maximum Gasteiger partial charge on any atom is 0.327 e. The summed E-state index contributed by atoms with van der Waals surface area (Å²) in [6.07, 6.45) is -0.551. The minimum absolute atomic E-state index is 0.158. The summed E-state index contributed by atoms with van der Waals surface area (Å²) < 4.78 is 5.39. The van der Waals surface area contributed by atoms with E-state index in [1.54, 1.807) is 11.9 Å². The molecule has 0 saturated carbocycles. The fraction of sp³-hybridized carbons (Fsp3) is 0.619. The molecule has 4 atom stereocenters. The zero-order valence-corrected chi connectivity index (χ0v) is 18.7. The van der Waals surface area contributed by atoms with E-state index in [1.807, 2.05) is 26.0 Å². The van der Waals surface area contributed by atoms with Gasteiger partial charge in [-0.15, -0.1) is 0 Å². The van der Waals surface area contributed by atoms with Crippen LogP contribution >= 0.6 is 11.6 Å². The van der Waals surface area contributed by atoms with Gasteiger partial charge < -0.3 is 14.5 Å². The molecule has 0 bridgehead atoms. The SMILES string of the molecule is CCOCCN1C(=O)C2C(NC3N(c4cccc(Cl)c4C)CC(C)CN23)N(C)C1=O. The first kappa shape index (κ1) is 21.4. The number of rotatable bonds is 5. The van der Waals surface area contributed by atoms with Gasteiger partial charge in [0.1, 0.15) is 18.5 Å². The number of amides is 3. The van der Waals surface area contributed by atoms with Gasteiger partial charge in [-0.2, -0.15) is 0 Å². The van der Waals surface area contributed by atoms with Crippen LogP contribution in [0.1, 0.15) is 19.4 Å². The molecule has 3 saturated heterocycles. The van der Waals surface area contributed by atoms with Crippen LogP contribution in [0.4, 0.5) is 10.5 Å². The van der Waals surface area contributed by atoms with Gasteiger partial charge in [-0.3, -0.25) is 19.9 Å². The highest BCUT2D eigenvalue weighted by Crippen LogP contribution is 2.36. The second-order valence-corrected chi connectivity index (χ2v) is 8.76. The topological polar surface area (TPSA) is 68.4 Å². The zero-order chi connectivity index (χ0) is 21.6. The number of fused-ring (bicyclic) bond motifs is 3. The molecule has 0 aromatic heterocycles. The summed E-state index contributed by atoms with van der Waals surface area (Å²) in [6, 6.07) is 5.19. The lowest BCUT2D eigenvalue weighted by molar-refractivity contribution is -0.139. The van der Waals surface area contributed by atoms with E-state index in [0.717, 1.165) is 29.4 Å². The Hall–Kier alpha value is -1.87. The lowest BCUT2D eigenvalue weighted by Gasteiger charge is -2.46. The van der Waals surface area contributed by atoms with Crippen molar-refractivity contribution >= 4 is 29.2 Å². The van der Waals surface area contributed by atoms with E-state index in [4.69, 9.17) is 16.3 Å². The molecule has 4 rings (SSSR count). The predicted octanol–water partition coefficient (Wildman–Crippen LogP) is 1.92. The van der Waals surface area contributed by atoms with Crippen LogP contribution in [-0.2, 0) is 9.53 Å². The fourth-order valence-corrected chi connectivity index (χ4v) is 4.99. The molecule has 1 aromatic rings. The molecular formula is C21H30ClN5O3. The van der Waals surface area contributed by atoms with Crippen molar-refractivity contribution in [1.29, 1.82) is 0 Å². The Kier molecular flexibility index (Phi) is 5.94. The van der Waals surface area contributed by atoms with Crippen molar-refractivity contribution in [3.05, 3.63) is 28.8 Å². The second-order valence-electron chi connectivity index (χ2n) is 8.35. The van der Waals surface area contributed by atoms with E-state index in [9.17, 15) is 9.59 Å². The Morgan fingerprint density at radius 1 is 1.27 bits per heavy atom. The third-order valence-electron chi connectivity index (χ3n) is 6.30. The molecule has 3 aliphatic heterocycles. The van der Waals surface area contributed by atoms with Gasteiger partial charge in [0.15, 0.2) is 0 Å². The molecule has 3 aliphatic rings. The number of nitrogens with one attached hydrogen (secondary N) is 1. The number of imide groups is 1. The summed E-state index contributed by atoms with van der Waals surface area (Å²) in [5.74, 6) is 0.197. The van der Waals surface area contributed by atoms with E-state index in [2.05, 4.69) is 28.1 Å². The maximum atomic E-state index is 13.4. The van der Waals surface area contributed by atoms with E-state index < -0.39 is 6.04 Å². The number of carbonyl (C=O) groups excluding carboxylic acids is 2. The van der Waals surface area contributed by atoms with Gasteiger partial charge in [-0.1, -0.05) is 24.6 Å². The number of carbonyl (C=O) groups is 2. The molecule has 1 N–H and O–H groups in total. The van der Waals surface area contributed by atoms with Crippen molar-refractivity contribution in [2.45, 2.75) is 39.3 Å². The quantitative estimate of drug-likeness (QED) is 0.713. The standard InChI is InChI=1S/C21H30ClN5O3/c1-5-30-10-9-25-19(28)17-18(24(4)21(25)29)23-20-26(11-13(2)12-27(17)20)16-8-6-7-15(22)14(16)3/h6-8,13,17-18,20,23H,5,9-12H2,1-4H3. The number of anilines is 1. The molecule has 3 heterocycles. The van der Waals surface area contributed by atoms with Gasteiger partial charge in [-0.25, -0.2) is 4.79 Å². The Labute approximate surface area is 182 Å². The van der Waals surface area contributed by atoms with Crippen molar-refractivity contribution in [2.24, 2.45) is 5.92 Å². The number of benzene rings is 1. The maximum absolute atomic E-state index is 13.4. The van der Waals surface area contributed by atoms with Crippen LogP contribution in [0, 0.1) is 12.8 Å². The largest absolute Gasteiger partial charge is 0.380 e. The molecule has 30 heavy (non-hydrogen) atoms. The van der Waals surface area contributed by atoms with Gasteiger partial charge in [0.2, 0.25) is 0 Å². The Morgan fingerprint density at radius 3 is 2.77 bits per heavy atom. The smallest absolute Gasteiger partial charge is 0.327 e. The number of ether oxygens (including phenoxy) is 1. The Morgan fingerprint density at radius 2 is 2.03 bits per heavy atom. The van der Waals surface area contributed by atoms with Crippen molar-refractivity contribution < 1.29 is 14.3 Å².